The van der Waals surface area contributed by atoms with Gasteiger partial charge in [-0.3, -0.25) is 0 Å². The number of ether oxygens (including phenoxy) is 1. The number of esters is 1. The van der Waals surface area contributed by atoms with Crippen LogP contribution in [0.2, 0.25) is 0 Å². The molecule has 0 heterocycles. The van der Waals surface area contributed by atoms with Crippen LogP contribution in [0.1, 0.15) is 65.9 Å². The first-order chi connectivity index (χ1) is 13.4. The van der Waals surface area contributed by atoms with Gasteiger partial charge >= 0.3 is 5.97 Å². The Hall–Kier alpha value is -1.83. The van der Waals surface area contributed by atoms with Crippen LogP contribution in [0.15, 0.2) is 53.6 Å². The summed E-state index contributed by atoms with van der Waals surface area (Å²) in [6, 6.07) is 10.8. The minimum atomic E-state index is -0.177. The second kappa shape index (κ2) is 8.27. The molecule has 0 amide bonds. The van der Waals surface area contributed by atoms with E-state index in [0.29, 0.717) is 30.3 Å². The molecule has 2 heteroatoms. The van der Waals surface area contributed by atoms with Gasteiger partial charge in [0, 0.05) is 16.9 Å². The summed E-state index contributed by atoms with van der Waals surface area (Å²) < 4.78 is 5.33. The lowest BCUT2D eigenvalue weighted by molar-refractivity contribution is -0.138. The minimum absolute atomic E-state index is 0.0629. The number of allylic oxidation sites excluding steroid dienone is 3. The van der Waals surface area contributed by atoms with Crippen LogP contribution in [0.3, 0.4) is 0 Å². The third-order valence-corrected chi connectivity index (χ3v) is 7.37. The molecule has 2 nitrogen and oxygen atoms in total. The van der Waals surface area contributed by atoms with Gasteiger partial charge in [-0.15, -0.1) is 0 Å². The molecule has 0 aliphatic heterocycles. The third kappa shape index (κ3) is 3.47. The molecule has 0 unspecified atom stereocenters. The highest BCUT2D eigenvalue weighted by Crippen LogP contribution is 2.63. The number of carbonyl (C=O) groups is 1. The molecule has 1 saturated carbocycles. The van der Waals surface area contributed by atoms with Crippen LogP contribution in [0.4, 0.5) is 0 Å². The molecular formula is C26H36O2. The Morgan fingerprint density at radius 2 is 1.86 bits per heavy atom. The number of fused-ring (bicyclic) bond motifs is 1. The van der Waals surface area contributed by atoms with Gasteiger partial charge in [0.25, 0.3) is 0 Å². The molecule has 28 heavy (non-hydrogen) atoms. The van der Waals surface area contributed by atoms with Crippen LogP contribution in [-0.4, -0.2) is 12.6 Å². The van der Waals surface area contributed by atoms with Gasteiger partial charge in [-0.05, 0) is 62.8 Å². The summed E-state index contributed by atoms with van der Waals surface area (Å²) in [5.74, 6) is 2.59. The molecule has 0 saturated heterocycles. The molecule has 2 aliphatic rings. The molecule has 3 rings (SSSR count). The van der Waals surface area contributed by atoms with Crippen molar-refractivity contribution in [3.8, 4) is 0 Å². The van der Waals surface area contributed by atoms with Crippen molar-refractivity contribution in [2.45, 2.75) is 60.3 Å². The van der Waals surface area contributed by atoms with Crippen LogP contribution >= 0.6 is 0 Å². The SMILES string of the molecule is CCOC(=O)/C(C)=C/[C@@]1(CC)[C@@H]2[C@@H](C(C)=C[C@@H]1c1ccccc1)[C@H](C)C[C@H]2C. The van der Waals surface area contributed by atoms with Gasteiger partial charge in [-0.1, -0.05) is 68.8 Å². The fourth-order valence-corrected chi connectivity index (χ4v) is 6.44. The van der Waals surface area contributed by atoms with Crippen LogP contribution < -0.4 is 0 Å². The van der Waals surface area contributed by atoms with E-state index >= 15 is 0 Å². The van der Waals surface area contributed by atoms with Gasteiger partial charge in [0.1, 0.15) is 0 Å². The van der Waals surface area contributed by atoms with Gasteiger partial charge in [0.05, 0.1) is 6.61 Å². The Labute approximate surface area is 171 Å². The normalized spacial score (nSPS) is 35.3. The van der Waals surface area contributed by atoms with E-state index in [4.69, 9.17) is 4.74 Å². The summed E-state index contributed by atoms with van der Waals surface area (Å²) in [7, 11) is 0. The van der Waals surface area contributed by atoms with Gasteiger partial charge in [0.2, 0.25) is 0 Å². The Bertz CT molecular complexity index is 760. The van der Waals surface area contributed by atoms with Crippen molar-refractivity contribution in [1.82, 2.24) is 0 Å². The van der Waals surface area contributed by atoms with E-state index in [1.165, 1.54) is 17.6 Å². The predicted molar refractivity (Wildman–Crippen MR) is 116 cm³/mol. The van der Waals surface area contributed by atoms with Gasteiger partial charge in [0.15, 0.2) is 0 Å². The highest BCUT2D eigenvalue weighted by atomic mass is 16.5. The fourth-order valence-electron chi connectivity index (χ4n) is 6.44. The first-order valence-corrected chi connectivity index (χ1v) is 11.0. The third-order valence-electron chi connectivity index (χ3n) is 7.37. The quantitative estimate of drug-likeness (QED) is 0.329. The molecule has 2 aliphatic carbocycles. The van der Waals surface area contributed by atoms with Crippen molar-refractivity contribution in [3.63, 3.8) is 0 Å². The summed E-state index contributed by atoms with van der Waals surface area (Å²) in [4.78, 5) is 12.5. The predicted octanol–water partition coefficient (Wildman–Crippen LogP) is 6.54. The van der Waals surface area contributed by atoms with Crippen molar-refractivity contribution < 1.29 is 9.53 Å². The van der Waals surface area contributed by atoms with Crippen molar-refractivity contribution in [1.29, 1.82) is 0 Å². The Balaban J connectivity index is 2.20. The minimum Gasteiger partial charge on any atom is -0.463 e. The zero-order valence-electron chi connectivity index (χ0n) is 18.4. The average molecular weight is 381 g/mol. The first kappa shape index (κ1) is 20.9. The molecule has 0 bridgehead atoms. The van der Waals surface area contributed by atoms with E-state index in [1.54, 1.807) is 0 Å². The monoisotopic (exact) mass is 380 g/mol. The molecule has 1 aromatic carbocycles. The van der Waals surface area contributed by atoms with Crippen molar-refractivity contribution in [2.75, 3.05) is 6.61 Å². The van der Waals surface area contributed by atoms with Crippen molar-refractivity contribution in [3.05, 3.63) is 59.2 Å². The van der Waals surface area contributed by atoms with E-state index < -0.39 is 0 Å². The van der Waals surface area contributed by atoms with Crippen LogP contribution in [-0.2, 0) is 9.53 Å². The number of hydrogen-bond donors (Lipinski definition) is 0. The maximum atomic E-state index is 12.5. The van der Waals surface area contributed by atoms with E-state index in [1.807, 2.05) is 13.8 Å². The zero-order chi connectivity index (χ0) is 20.5. The number of benzene rings is 1. The van der Waals surface area contributed by atoms with E-state index in [-0.39, 0.29) is 17.3 Å². The molecule has 0 N–H and O–H groups in total. The lowest BCUT2D eigenvalue weighted by atomic mass is 9.53. The van der Waals surface area contributed by atoms with E-state index in [0.717, 1.165) is 12.0 Å². The van der Waals surface area contributed by atoms with Gasteiger partial charge < -0.3 is 4.74 Å². The van der Waals surface area contributed by atoms with Crippen LogP contribution in [0.25, 0.3) is 0 Å². The maximum Gasteiger partial charge on any atom is 0.333 e. The maximum absolute atomic E-state index is 12.5. The molecule has 0 spiro atoms. The number of carbonyl (C=O) groups excluding carboxylic acids is 1. The topological polar surface area (TPSA) is 26.3 Å². The van der Waals surface area contributed by atoms with Gasteiger partial charge in [-0.2, -0.15) is 0 Å². The van der Waals surface area contributed by atoms with Gasteiger partial charge in [-0.25, -0.2) is 4.79 Å². The highest BCUT2D eigenvalue weighted by Gasteiger charge is 2.55. The molecule has 0 aromatic heterocycles. The van der Waals surface area contributed by atoms with E-state index in [2.05, 4.69) is 70.2 Å². The molecule has 1 fully saturated rings. The summed E-state index contributed by atoms with van der Waals surface area (Å²) in [5, 5.41) is 0. The van der Waals surface area contributed by atoms with E-state index in [9.17, 15) is 4.79 Å². The lowest BCUT2D eigenvalue weighted by Crippen LogP contribution is -2.43. The largest absolute Gasteiger partial charge is 0.463 e. The summed E-state index contributed by atoms with van der Waals surface area (Å²) in [6.07, 6.45) is 7.07. The van der Waals surface area contributed by atoms with Crippen molar-refractivity contribution >= 4 is 5.97 Å². The van der Waals surface area contributed by atoms with Crippen LogP contribution in [0, 0.1) is 29.1 Å². The second-order valence-corrected chi connectivity index (χ2v) is 9.05. The molecule has 0 radical (unpaired) electrons. The zero-order valence-corrected chi connectivity index (χ0v) is 18.4. The summed E-state index contributed by atoms with van der Waals surface area (Å²) in [5.41, 5.74) is 3.57. The van der Waals surface area contributed by atoms with Crippen LogP contribution in [0.5, 0.6) is 0 Å². The molecule has 6 atom stereocenters. The smallest absolute Gasteiger partial charge is 0.333 e. The summed E-state index contributed by atoms with van der Waals surface area (Å²) >= 11 is 0. The number of hydrogen-bond acceptors (Lipinski definition) is 2. The molecule has 1 aromatic rings. The fraction of sp³-hybridized carbons (Fsp3) is 0.577. The number of rotatable bonds is 5. The average Bonchev–Trinajstić information content (AvgIpc) is 3.00. The summed E-state index contributed by atoms with van der Waals surface area (Å²) in [6.45, 7) is 13.7. The Kier molecular flexibility index (Phi) is 6.17. The second-order valence-electron chi connectivity index (χ2n) is 9.05. The molecular weight excluding hydrogens is 344 g/mol. The Morgan fingerprint density at radius 1 is 1.18 bits per heavy atom. The Morgan fingerprint density at radius 3 is 2.46 bits per heavy atom. The first-order valence-electron chi connectivity index (χ1n) is 11.0. The lowest BCUT2D eigenvalue weighted by Gasteiger charge is -2.51. The standard InChI is InChI=1S/C26H36O2/c1-7-26(16-20(6)25(27)28-8-2)22(21-12-10-9-11-13-21)15-18(4)23-17(3)14-19(5)24(23)26/h9-13,15-17,19,22-24H,7-8,14H2,1-6H3/b20-16+/t17-,19-,22-,23-,24+,26-/m1/s1. The highest BCUT2D eigenvalue weighted by molar-refractivity contribution is 5.88. The molecule has 152 valence electrons. The van der Waals surface area contributed by atoms with Crippen molar-refractivity contribution in [2.24, 2.45) is 29.1 Å².